The van der Waals surface area contributed by atoms with Crippen molar-refractivity contribution in [2.45, 2.75) is 19.1 Å². The van der Waals surface area contributed by atoms with E-state index in [1.165, 1.54) is 0 Å². The first-order chi connectivity index (χ1) is 10.7. The second kappa shape index (κ2) is 8.41. The lowest BCUT2D eigenvalue weighted by molar-refractivity contribution is 0.133. The fraction of sp³-hybridized carbons (Fsp3) is 0.235. The van der Waals surface area contributed by atoms with Crippen LogP contribution in [0.2, 0.25) is 5.02 Å². The highest BCUT2D eigenvalue weighted by Gasteiger charge is 2.17. The van der Waals surface area contributed by atoms with Crippen molar-refractivity contribution in [2.75, 3.05) is 6.61 Å². The number of halogens is 1. The zero-order valence-corrected chi connectivity index (χ0v) is 12.8. The number of aliphatic hydroxyl groups is 1. The molecular weight excluding hydrogens is 302 g/mol. The van der Waals surface area contributed by atoms with E-state index in [0.29, 0.717) is 11.4 Å². The molecule has 22 heavy (non-hydrogen) atoms. The van der Waals surface area contributed by atoms with Gasteiger partial charge in [0, 0.05) is 11.6 Å². The Hall–Kier alpha value is -2.04. The average molecular weight is 320 g/mol. The van der Waals surface area contributed by atoms with Crippen molar-refractivity contribution in [3.05, 3.63) is 70.7 Å². The van der Waals surface area contributed by atoms with Crippen LogP contribution in [0, 0.1) is 0 Å². The number of carbonyl (C=O) groups is 1. The van der Waals surface area contributed by atoms with Gasteiger partial charge in [0.25, 0.3) is 0 Å². The fourth-order valence-electron chi connectivity index (χ4n) is 2.10. The zero-order chi connectivity index (χ0) is 15.8. The molecule has 0 aliphatic rings. The molecule has 2 rings (SSSR count). The standard InChI is InChI=1S/C17H18ClNO3/c18-15-9-5-4-8-14(15)16(10-11-20)19-17(21)22-12-13-6-2-1-3-7-13/h1-9,16,20H,10-12H2,(H,19,21). The van der Waals surface area contributed by atoms with Crippen LogP contribution in [0.25, 0.3) is 0 Å². The lowest BCUT2D eigenvalue weighted by Gasteiger charge is -2.19. The third-order valence-corrected chi connectivity index (χ3v) is 3.55. The summed E-state index contributed by atoms with van der Waals surface area (Å²) in [5.41, 5.74) is 1.67. The van der Waals surface area contributed by atoms with Crippen LogP contribution in [0.15, 0.2) is 54.6 Å². The highest BCUT2D eigenvalue weighted by Crippen LogP contribution is 2.24. The summed E-state index contributed by atoms with van der Waals surface area (Å²) in [6.45, 7) is 0.135. The minimum absolute atomic E-state index is 0.0607. The number of rotatable bonds is 6. The summed E-state index contributed by atoms with van der Waals surface area (Å²) in [4.78, 5) is 11.9. The smallest absolute Gasteiger partial charge is 0.407 e. The van der Waals surface area contributed by atoms with Gasteiger partial charge in [-0.2, -0.15) is 0 Å². The molecule has 0 aromatic heterocycles. The first-order valence-corrected chi connectivity index (χ1v) is 7.41. The first kappa shape index (κ1) is 16.3. The summed E-state index contributed by atoms with van der Waals surface area (Å²) in [5.74, 6) is 0. The SMILES string of the molecule is O=C(NC(CCO)c1ccccc1Cl)OCc1ccccc1. The summed E-state index contributed by atoms with van der Waals surface area (Å²) in [7, 11) is 0. The Kier molecular flexibility index (Phi) is 6.25. The van der Waals surface area contributed by atoms with E-state index in [4.69, 9.17) is 16.3 Å². The maximum absolute atomic E-state index is 11.9. The third-order valence-electron chi connectivity index (χ3n) is 3.20. The van der Waals surface area contributed by atoms with Crippen LogP contribution in [0.5, 0.6) is 0 Å². The molecule has 2 aromatic carbocycles. The van der Waals surface area contributed by atoms with E-state index < -0.39 is 6.09 Å². The quantitative estimate of drug-likeness (QED) is 0.853. The summed E-state index contributed by atoms with van der Waals surface area (Å²) in [6, 6.07) is 16.3. The monoisotopic (exact) mass is 319 g/mol. The Balaban J connectivity index is 1.96. The van der Waals surface area contributed by atoms with E-state index in [-0.39, 0.29) is 19.3 Å². The predicted octanol–water partition coefficient (Wildman–Crippen LogP) is 3.69. The summed E-state index contributed by atoms with van der Waals surface area (Å²) in [6.07, 6.45) is -0.174. The molecule has 1 atom stereocenters. The van der Waals surface area contributed by atoms with Gasteiger partial charge in [-0.15, -0.1) is 0 Å². The number of hydrogen-bond acceptors (Lipinski definition) is 3. The molecule has 4 nitrogen and oxygen atoms in total. The van der Waals surface area contributed by atoms with Crippen LogP contribution in [0.3, 0.4) is 0 Å². The molecule has 0 bridgehead atoms. The number of amides is 1. The number of benzene rings is 2. The summed E-state index contributed by atoms with van der Waals surface area (Å²) in [5, 5.41) is 12.5. The van der Waals surface area contributed by atoms with E-state index >= 15 is 0 Å². The molecule has 0 aliphatic heterocycles. The molecule has 2 N–H and O–H groups in total. The van der Waals surface area contributed by atoms with Crippen LogP contribution in [-0.2, 0) is 11.3 Å². The van der Waals surface area contributed by atoms with Gasteiger partial charge in [0.15, 0.2) is 0 Å². The fourth-order valence-corrected chi connectivity index (χ4v) is 2.37. The minimum atomic E-state index is -0.540. The normalized spacial score (nSPS) is 11.7. The van der Waals surface area contributed by atoms with Crippen LogP contribution in [0.4, 0.5) is 4.79 Å². The Morgan fingerprint density at radius 2 is 1.82 bits per heavy atom. The lowest BCUT2D eigenvalue weighted by Crippen LogP contribution is -2.30. The van der Waals surface area contributed by atoms with Gasteiger partial charge >= 0.3 is 6.09 Å². The van der Waals surface area contributed by atoms with E-state index in [1.807, 2.05) is 48.5 Å². The van der Waals surface area contributed by atoms with E-state index in [9.17, 15) is 9.90 Å². The van der Waals surface area contributed by atoms with Crippen LogP contribution >= 0.6 is 11.6 Å². The van der Waals surface area contributed by atoms with Crippen LogP contribution in [0.1, 0.15) is 23.6 Å². The van der Waals surface area contributed by atoms with Gasteiger partial charge in [-0.05, 0) is 23.6 Å². The minimum Gasteiger partial charge on any atom is -0.445 e. The molecule has 0 fully saturated rings. The van der Waals surface area contributed by atoms with Gasteiger partial charge in [0.1, 0.15) is 6.61 Å². The molecule has 116 valence electrons. The van der Waals surface area contributed by atoms with Gasteiger partial charge < -0.3 is 15.2 Å². The van der Waals surface area contributed by atoms with Gasteiger partial charge in [-0.25, -0.2) is 4.79 Å². The largest absolute Gasteiger partial charge is 0.445 e. The number of carbonyl (C=O) groups excluding carboxylic acids is 1. The number of alkyl carbamates (subject to hydrolysis) is 1. The van der Waals surface area contributed by atoms with Crippen molar-refractivity contribution in [1.29, 1.82) is 0 Å². The van der Waals surface area contributed by atoms with Crippen molar-refractivity contribution in [2.24, 2.45) is 0 Å². The number of ether oxygens (including phenoxy) is 1. The average Bonchev–Trinajstić information content (AvgIpc) is 2.54. The molecule has 0 heterocycles. The second-order valence-corrected chi connectivity index (χ2v) is 5.20. The van der Waals surface area contributed by atoms with Crippen molar-refractivity contribution in [3.8, 4) is 0 Å². The maximum Gasteiger partial charge on any atom is 0.407 e. The molecule has 0 radical (unpaired) electrons. The van der Waals surface area contributed by atoms with E-state index in [2.05, 4.69) is 5.32 Å². The number of hydrogen-bond donors (Lipinski definition) is 2. The Morgan fingerprint density at radius 3 is 2.50 bits per heavy atom. The topological polar surface area (TPSA) is 58.6 Å². The highest BCUT2D eigenvalue weighted by molar-refractivity contribution is 6.31. The highest BCUT2D eigenvalue weighted by atomic mass is 35.5. The number of aliphatic hydroxyl groups excluding tert-OH is 1. The number of nitrogens with one attached hydrogen (secondary N) is 1. The molecule has 0 spiro atoms. The predicted molar refractivity (Wildman–Crippen MR) is 85.7 cm³/mol. The van der Waals surface area contributed by atoms with Gasteiger partial charge in [0.2, 0.25) is 0 Å². The summed E-state index contributed by atoms with van der Waals surface area (Å²) < 4.78 is 5.19. The second-order valence-electron chi connectivity index (χ2n) is 4.79. The van der Waals surface area contributed by atoms with Gasteiger partial charge in [-0.1, -0.05) is 60.1 Å². The van der Waals surface area contributed by atoms with Crippen molar-refractivity contribution in [3.63, 3.8) is 0 Å². The van der Waals surface area contributed by atoms with Gasteiger partial charge in [0.05, 0.1) is 6.04 Å². The van der Waals surface area contributed by atoms with Crippen LogP contribution < -0.4 is 5.32 Å². The van der Waals surface area contributed by atoms with Crippen molar-refractivity contribution in [1.82, 2.24) is 5.32 Å². The molecule has 2 aromatic rings. The molecule has 0 aliphatic carbocycles. The molecule has 1 unspecified atom stereocenters. The molecule has 0 saturated carbocycles. The Labute approximate surface area is 134 Å². The Morgan fingerprint density at radius 1 is 1.14 bits per heavy atom. The maximum atomic E-state index is 11.9. The van der Waals surface area contributed by atoms with Crippen LogP contribution in [-0.4, -0.2) is 17.8 Å². The van der Waals surface area contributed by atoms with E-state index in [0.717, 1.165) is 11.1 Å². The molecule has 5 heteroatoms. The van der Waals surface area contributed by atoms with Gasteiger partial charge in [-0.3, -0.25) is 0 Å². The molecular formula is C17H18ClNO3. The molecule has 0 saturated heterocycles. The van der Waals surface area contributed by atoms with E-state index in [1.54, 1.807) is 6.07 Å². The zero-order valence-electron chi connectivity index (χ0n) is 12.0. The van der Waals surface area contributed by atoms with Crippen molar-refractivity contribution < 1.29 is 14.6 Å². The third kappa shape index (κ3) is 4.76. The van der Waals surface area contributed by atoms with Crippen molar-refractivity contribution >= 4 is 17.7 Å². The summed E-state index contributed by atoms with van der Waals surface area (Å²) >= 11 is 6.14. The molecule has 1 amide bonds. The first-order valence-electron chi connectivity index (χ1n) is 7.03. The lowest BCUT2D eigenvalue weighted by atomic mass is 10.0. The Bertz CT molecular complexity index is 604.